The first kappa shape index (κ1) is 25.9. The van der Waals surface area contributed by atoms with Gasteiger partial charge in [-0.2, -0.15) is 0 Å². The fourth-order valence-corrected chi connectivity index (χ4v) is 5.52. The molecule has 8 nitrogen and oxygen atoms in total. The zero-order valence-electron chi connectivity index (χ0n) is 21.8. The van der Waals surface area contributed by atoms with Crippen molar-refractivity contribution in [1.82, 2.24) is 14.5 Å². The minimum absolute atomic E-state index is 0.0134. The van der Waals surface area contributed by atoms with Crippen LogP contribution in [0.2, 0.25) is 0 Å². The number of halogens is 1. The number of fused-ring (bicyclic) bond motifs is 1. The van der Waals surface area contributed by atoms with Crippen molar-refractivity contribution in [3.05, 3.63) is 74.7 Å². The molecule has 1 aromatic heterocycles. The molecule has 0 unspecified atom stereocenters. The van der Waals surface area contributed by atoms with Gasteiger partial charge in [-0.3, -0.25) is 23.5 Å². The van der Waals surface area contributed by atoms with Crippen LogP contribution in [0.5, 0.6) is 0 Å². The molecule has 3 aromatic rings. The molecule has 0 saturated heterocycles. The number of nitrogens with one attached hydrogen (secondary N) is 2. The third kappa shape index (κ3) is 5.14. The lowest BCUT2D eigenvalue weighted by Gasteiger charge is -2.30. The van der Waals surface area contributed by atoms with Crippen molar-refractivity contribution in [2.24, 2.45) is 5.92 Å². The number of benzene rings is 2. The Morgan fingerprint density at radius 3 is 2.39 bits per heavy atom. The largest absolute Gasteiger partial charge is 0.346 e. The maximum Gasteiger partial charge on any atom is 0.331 e. The molecular weight excluding hydrogens is 487 g/mol. The van der Waals surface area contributed by atoms with Crippen LogP contribution in [0.3, 0.4) is 0 Å². The molecule has 0 atom stereocenters. The number of aromatic nitrogens is 2. The van der Waals surface area contributed by atoms with Crippen LogP contribution < -0.4 is 21.9 Å². The average Bonchev–Trinajstić information content (AvgIpc) is 3.60. The summed E-state index contributed by atoms with van der Waals surface area (Å²) in [5.74, 6) is -1.13. The highest BCUT2D eigenvalue weighted by molar-refractivity contribution is 5.97. The predicted octanol–water partition coefficient (Wildman–Crippen LogP) is 4.36. The van der Waals surface area contributed by atoms with Gasteiger partial charge in [0.15, 0.2) is 0 Å². The molecule has 0 bridgehead atoms. The van der Waals surface area contributed by atoms with Crippen LogP contribution >= 0.6 is 0 Å². The zero-order valence-corrected chi connectivity index (χ0v) is 21.8. The Kier molecular flexibility index (Phi) is 6.94. The number of carbonyl (C=O) groups is 2. The maximum atomic E-state index is 15.2. The smallest absolute Gasteiger partial charge is 0.331 e. The van der Waals surface area contributed by atoms with E-state index in [1.165, 1.54) is 15.2 Å². The summed E-state index contributed by atoms with van der Waals surface area (Å²) in [4.78, 5) is 52.4. The Labute approximate surface area is 219 Å². The van der Waals surface area contributed by atoms with Gasteiger partial charge in [0.2, 0.25) is 5.91 Å². The van der Waals surface area contributed by atoms with Gasteiger partial charge in [-0.15, -0.1) is 0 Å². The van der Waals surface area contributed by atoms with E-state index in [0.29, 0.717) is 30.9 Å². The molecule has 2 N–H and O–H groups in total. The highest BCUT2D eigenvalue weighted by Gasteiger charge is 2.38. The van der Waals surface area contributed by atoms with Crippen molar-refractivity contribution in [1.29, 1.82) is 0 Å². The molecule has 2 amide bonds. The molecule has 38 heavy (non-hydrogen) atoms. The lowest BCUT2D eigenvalue weighted by molar-refractivity contribution is -0.117. The van der Waals surface area contributed by atoms with Crippen LogP contribution in [0.1, 0.15) is 75.2 Å². The minimum atomic E-state index is -0.729. The topological polar surface area (TPSA) is 102 Å². The molecule has 9 heteroatoms. The fourth-order valence-electron chi connectivity index (χ4n) is 5.52. The molecular formula is C29H33FN4O4. The molecule has 0 spiro atoms. The number of rotatable bonds is 8. The molecule has 2 fully saturated rings. The molecule has 1 heterocycles. The summed E-state index contributed by atoms with van der Waals surface area (Å²) in [6.45, 7) is 3.96. The first-order valence-corrected chi connectivity index (χ1v) is 13.3. The van der Waals surface area contributed by atoms with Crippen molar-refractivity contribution >= 4 is 28.4 Å². The minimum Gasteiger partial charge on any atom is -0.346 e. The van der Waals surface area contributed by atoms with E-state index in [-0.39, 0.29) is 35.0 Å². The summed E-state index contributed by atoms with van der Waals surface area (Å²) in [7, 11) is 0. The molecule has 2 saturated carbocycles. The fraction of sp³-hybridized carbons (Fsp3) is 0.448. The number of anilines is 1. The standard InChI is InChI=1S/C29H33FN4O4/c1-18(2)34-24-15-22(30)23(14-21(24)27(37)33(28(34)38)17-19-10-11-19)31-25(35)16-29(12-6-7-13-29)32-26(36)20-8-4-3-5-9-20/h3-5,8-9,14-15,18-19H,6-7,10-13,16-17H2,1-2H3,(H,31,35)(H,32,36). The van der Waals surface area contributed by atoms with Gasteiger partial charge in [0.05, 0.1) is 23.0 Å². The summed E-state index contributed by atoms with van der Waals surface area (Å²) in [6, 6.07) is 11.0. The average molecular weight is 521 g/mol. The lowest BCUT2D eigenvalue weighted by atomic mass is 9.92. The summed E-state index contributed by atoms with van der Waals surface area (Å²) in [6.07, 6.45) is 4.97. The third-order valence-corrected chi connectivity index (χ3v) is 7.66. The molecule has 2 aliphatic rings. The Balaban J connectivity index is 1.43. The third-order valence-electron chi connectivity index (χ3n) is 7.66. The monoisotopic (exact) mass is 520 g/mol. The van der Waals surface area contributed by atoms with Crippen molar-refractivity contribution < 1.29 is 14.0 Å². The Morgan fingerprint density at radius 2 is 1.76 bits per heavy atom. The van der Waals surface area contributed by atoms with E-state index >= 15 is 4.39 Å². The molecule has 2 aromatic carbocycles. The van der Waals surface area contributed by atoms with E-state index in [4.69, 9.17) is 0 Å². The highest BCUT2D eigenvalue weighted by Crippen LogP contribution is 2.34. The van der Waals surface area contributed by atoms with Crippen LogP contribution in [0.4, 0.5) is 10.1 Å². The first-order valence-electron chi connectivity index (χ1n) is 13.3. The summed E-state index contributed by atoms with van der Waals surface area (Å²) >= 11 is 0. The maximum absolute atomic E-state index is 15.2. The van der Waals surface area contributed by atoms with Crippen molar-refractivity contribution in [2.75, 3.05) is 5.32 Å². The Bertz CT molecular complexity index is 1500. The molecule has 0 aliphatic heterocycles. The van der Waals surface area contributed by atoms with Crippen LogP contribution in [0.25, 0.3) is 10.9 Å². The van der Waals surface area contributed by atoms with E-state index in [1.807, 2.05) is 19.9 Å². The van der Waals surface area contributed by atoms with Crippen LogP contribution in [-0.4, -0.2) is 26.5 Å². The van der Waals surface area contributed by atoms with Crippen LogP contribution in [-0.2, 0) is 11.3 Å². The van der Waals surface area contributed by atoms with E-state index in [2.05, 4.69) is 10.6 Å². The van der Waals surface area contributed by atoms with E-state index in [9.17, 15) is 19.2 Å². The van der Waals surface area contributed by atoms with E-state index < -0.39 is 28.5 Å². The number of nitrogens with zero attached hydrogens (tertiary/aromatic N) is 2. The van der Waals surface area contributed by atoms with Gasteiger partial charge in [0.1, 0.15) is 5.82 Å². The second-order valence-corrected chi connectivity index (χ2v) is 11.0. The molecule has 200 valence electrons. The van der Waals surface area contributed by atoms with Crippen molar-refractivity contribution in [2.45, 2.75) is 76.9 Å². The number of hydrogen-bond donors (Lipinski definition) is 2. The number of hydrogen-bond acceptors (Lipinski definition) is 4. The molecule has 2 aliphatic carbocycles. The Hall–Kier alpha value is -3.75. The lowest BCUT2D eigenvalue weighted by Crippen LogP contribution is -2.48. The SMILES string of the molecule is CC(C)n1c(=O)n(CC2CC2)c(=O)c2cc(NC(=O)CC3(NC(=O)c4ccccc4)CCCC3)c(F)cc21. The van der Waals surface area contributed by atoms with Gasteiger partial charge in [0, 0.05) is 29.8 Å². The Morgan fingerprint density at radius 1 is 1.08 bits per heavy atom. The van der Waals surface area contributed by atoms with Crippen molar-refractivity contribution in [3.63, 3.8) is 0 Å². The van der Waals surface area contributed by atoms with Crippen LogP contribution in [0.15, 0.2) is 52.1 Å². The number of carbonyl (C=O) groups excluding carboxylic acids is 2. The zero-order chi connectivity index (χ0) is 27.0. The highest BCUT2D eigenvalue weighted by atomic mass is 19.1. The van der Waals surface area contributed by atoms with E-state index in [0.717, 1.165) is 31.7 Å². The summed E-state index contributed by atoms with van der Waals surface area (Å²) < 4.78 is 17.9. The first-order chi connectivity index (χ1) is 18.2. The van der Waals surface area contributed by atoms with E-state index in [1.54, 1.807) is 24.3 Å². The van der Waals surface area contributed by atoms with Gasteiger partial charge in [-0.25, -0.2) is 9.18 Å². The summed E-state index contributed by atoms with van der Waals surface area (Å²) in [5, 5.41) is 5.86. The van der Waals surface area contributed by atoms with Gasteiger partial charge < -0.3 is 10.6 Å². The quantitative estimate of drug-likeness (QED) is 0.461. The number of amides is 2. The normalized spacial score (nSPS) is 16.6. The van der Waals surface area contributed by atoms with Gasteiger partial charge in [0.25, 0.3) is 11.5 Å². The van der Waals surface area contributed by atoms with Gasteiger partial charge in [-0.05, 0) is 63.6 Å². The molecule has 0 radical (unpaired) electrons. The second-order valence-electron chi connectivity index (χ2n) is 11.0. The molecule has 5 rings (SSSR count). The predicted molar refractivity (Wildman–Crippen MR) is 144 cm³/mol. The summed E-state index contributed by atoms with van der Waals surface area (Å²) in [5.41, 5.74) is -1.04. The van der Waals surface area contributed by atoms with Gasteiger partial charge in [-0.1, -0.05) is 31.0 Å². The van der Waals surface area contributed by atoms with Gasteiger partial charge >= 0.3 is 5.69 Å². The second kappa shape index (κ2) is 10.2. The van der Waals surface area contributed by atoms with Crippen molar-refractivity contribution in [3.8, 4) is 0 Å². The van der Waals surface area contributed by atoms with Crippen LogP contribution in [0, 0.1) is 11.7 Å².